The number of halogens is 2. The number of nitrogens with one attached hydrogen (secondary N) is 1. The normalized spacial score (nSPS) is 10.5. The van der Waals surface area contributed by atoms with Crippen LogP contribution in [-0.4, -0.2) is 15.7 Å². The molecule has 8 heteroatoms. The summed E-state index contributed by atoms with van der Waals surface area (Å²) in [5, 5.41) is 17.9. The Bertz CT molecular complexity index is 1020. The van der Waals surface area contributed by atoms with Gasteiger partial charge in [-0.1, -0.05) is 29.3 Å². The van der Waals surface area contributed by atoms with Crippen molar-refractivity contribution in [3.63, 3.8) is 0 Å². The lowest BCUT2D eigenvalue weighted by Gasteiger charge is -2.06. The molecule has 126 valence electrons. The standard InChI is InChI=1S/C17H12Cl2N4OS/c1-9-15(11-4-3-10(18)7-13(11)19)12(8-20)17(25-9)22-16(24)14-5-6-21-23(14)2/h3-7H,1-2H3,(H,22,24). The Morgan fingerprint density at radius 3 is 2.72 bits per heavy atom. The van der Waals surface area contributed by atoms with Crippen molar-refractivity contribution in [2.24, 2.45) is 7.05 Å². The van der Waals surface area contributed by atoms with Crippen molar-refractivity contribution < 1.29 is 4.79 Å². The van der Waals surface area contributed by atoms with Crippen LogP contribution in [0.25, 0.3) is 11.1 Å². The highest BCUT2D eigenvalue weighted by Crippen LogP contribution is 2.42. The highest BCUT2D eigenvalue weighted by atomic mass is 35.5. The van der Waals surface area contributed by atoms with E-state index in [1.807, 2.05) is 6.92 Å². The predicted octanol–water partition coefficient (Wildman–Crippen LogP) is 4.89. The summed E-state index contributed by atoms with van der Waals surface area (Å²) in [6.07, 6.45) is 1.54. The number of nitrogens with zero attached hydrogens (tertiary/aromatic N) is 3. The Hall–Kier alpha value is -2.33. The summed E-state index contributed by atoms with van der Waals surface area (Å²) >= 11 is 13.6. The quantitative estimate of drug-likeness (QED) is 0.691. The molecule has 0 spiro atoms. The summed E-state index contributed by atoms with van der Waals surface area (Å²) in [6.45, 7) is 1.88. The summed E-state index contributed by atoms with van der Waals surface area (Å²) in [6, 6.07) is 8.90. The number of carbonyl (C=O) groups is 1. The van der Waals surface area contributed by atoms with Gasteiger partial charge in [-0.25, -0.2) is 0 Å². The van der Waals surface area contributed by atoms with Crippen LogP contribution in [0.1, 0.15) is 20.9 Å². The van der Waals surface area contributed by atoms with Gasteiger partial charge in [-0.2, -0.15) is 10.4 Å². The molecule has 0 fully saturated rings. The fraction of sp³-hybridized carbons (Fsp3) is 0.118. The van der Waals surface area contributed by atoms with Crippen LogP contribution in [0, 0.1) is 18.3 Å². The molecule has 3 aromatic rings. The lowest BCUT2D eigenvalue weighted by atomic mass is 10.0. The van der Waals surface area contributed by atoms with Crippen LogP contribution in [0.2, 0.25) is 10.0 Å². The first-order chi connectivity index (χ1) is 11.9. The van der Waals surface area contributed by atoms with Gasteiger partial charge in [0.25, 0.3) is 5.91 Å². The zero-order chi connectivity index (χ0) is 18.1. The van der Waals surface area contributed by atoms with Crippen LogP contribution < -0.4 is 5.32 Å². The molecule has 3 rings (SSSR count). The maximum atomic E-state index is 12.4. The Balaban J connectivity index is 2.05. The van der Waals surface area contributed by atoms with Crippen LogP contribution in [0.3, 0.4) is 0 Å². The lowest BCUT2D eigenvalue weighted by molar-refractivity contribution is 0.101. The molecule has 25 heavy (non-hydrogen) atoms. The number of amides is 1. The van der Waals surface area contributed by atoms with Gasteiger partial charge in [-0.3, -0.25) is 9.48 Å². The van der Waals surface area contributed by atoms with Crippen molar-refractivity contribution in [2.75, 3.05) is 5.32 Å². The monoisotopic (exact) mass is 390 g/mol. The van der Waals surface area contributed by atoms with E-state index in [9.17, 15) is 10.1 Å². The third kappa shape index (κ3) is 3.27. The molecular weight excluding hydrogens is 379 g/mol. The molecule has 1 aromatic carbocycles. The minimum atomic E-state index is -0.327. The van der Waals surface area contributed by atoms with Crippen molar-refractivity contribution in [1.82, 2.24) is 9.78 Å². The molecule has 0 radical (unpaired) electrons. The van der Waals surface area contributed by atoms with Gasteiger partial charge in [0.2, 0.25) is 0 Å². The third-order valence-corrected chi connectivity index (χ3v) is 5.25. The van der Waals surface area contributed by atoms with Crippen molar-refractivity contribution in [2.45, 2.75) is 6.92 Å². The molecule has 1 amide bonds. The number of aromatic nitrogens is 2. The third-order valence-electron chi connectivity index (χ3n) is 3.68. The Labute approximate surface area is 158 Å². The molecule has 0 saturated heterocycles. The second-order valence-electron chi connectivity index (χ2n) is 5.27. The van der Waals surface area contributed by atoms with Crippen LogP contribution in [0.15, 0.2) is 30.5 Å². The number of aryl methyl sites for hydroxylation is 2. The first-order valence-electron chi connectivity index (χ1n) is 7.20. The number of rotatable bonds is 3. The molecule has 2 aromatic heterocycles. The van der Waals surface area contributed by atoms with Crippen molar-refractivity contribution in [3.05, 3.63) is 56.6 Å². The summed E-state index contributed by atoms with van der Waals surface area (Å²) in [4.78, 5) is 13.3. The molecule has 2 heterocycles. The van der Waals surface area contributed by atoms with E-state index in [0.717, 1.165) is 4.88 Å². The van der Waals surface area contributed by atoms with Gasteiger partial charge in [-0.15, -0.1) is 11.3 Å². The average Bonchev–Trinajstić information content (AvgIpc) is 3.11. The molecule has 0 bridgehead atoms. The predicted molar refractivity (Wildman–Crippen MR) is 100 cm³/mol. The Morgan fingerprint density at radius 2 is 2.12 bits per heavy atom. The largest absolute Gasteiger partial charge is 0.311 e. The van der Waals surface area contributed by atoms with Crippen LogP contribution in [0.4, 0.5) is 5.00 Å². The van der Waals surface area contributed by atoms with Gasteiger partial charge in [0.1, 0.15) is 16.8 Å². The molecule has 5 nitrogen and oxygen atoms in total. The zero-order valence-corrected chi connectivity index (χ0v) is 15.6. The van der Waals surface area contributed by atoms with Gasteiger partial charge in [0.15, 0.2) is 0 Å². The second kappa shape index (κ2) is 6.89. The van der Waals surface area contributed by atoms with Crippen LogP contribution in [0.5, 0.6) is 0 Å². The average molecular weight is 391 g/mol. The second-order valence-corrected chi connectivity index (χ2v) is 7.34. The zero-order valence-electron chi connectivity index (χ0n) is 13.3. The highest BCUT2D eigenvalue weighted by molar-refractivity contribution is 7.17. The Kier molecular flexibility index (Phi) is 4.82. The smallest absolute Gasteiger partial charge is 0.274 e. The van der Waals surface area contributed by atoms with Crippen LogP contribution >= 0.6 is 34.5 Å². The first kappa shape index (κ1) is 17.5. The highest BCUT2D eigenvalue weighted by Gasteiger charge is 2.21. The Morgan fingerprint density at radius 1 is 1.36 bits per heavy atom. The topological polar surface area (TPSA) is 70.7 Å². The van der Waals surface area contributed by atoms with Crippen LogP contribution in [-0.2, 0) is 7.05 Å². The van der Waals surface area contributed by atoms with Gasteiger partial charge in [0, 0.05) is 39.3 Å². The SMILES string of the molecule is Cc1sc(NC(=O)c2ccnn2C)c(C#N)c1-c1ccc(Cl)cc1Cl. The van der Waals surface area contributed by atoms with E-state index < -0.39 is 0 Å². The van der Waals surface area contributed by atoms with E-state index in [-0.39, 0.29) is 5.91 Å². The number of nitriles is 1. The van der Waals surface area contributed by atoms with Gasteiger partial charge < -0.3 is 5.32 Å². The number of benzene rings is 1. The van der Waals surface area contributed by atoms with E-state index in [0.29, 0.717) is 37.4 Å². The van der Waals surface area contributed by atoms with E-state index in [2.05, 4.69) is 16.5 Å². The van der Waals surface area contributed by atoms with Gasteiger partial charge >= 0.3 is 0 Å². The van der Waals surface area contributed by atoms with E-state index in [4.69, 9.17) is 23.2 Å². The van der Waals surface area contributed by atoms with Crippen molar-refractivity contribution in [3.8, 4) is 17.2 Å². The summed E-state index contributed by atoms with van der Waals surface area (Å²) in [5.41, 5.74) is 2.19. The van der Waals surface area contributed by atoms with E-state index >= 15 is 0 Å². The van der Waals surface area contributed by atoms with Crippen molar-refractivity contribution in [1.29, 1.82) is 5.26 Å². The molecule has 0 atom stereocenters. The van der Waals surface area contributed by atoms with Crippen molar-refractivity contribution >= 4 is 45.4 Å². The molecule has 1 N–H and O–H groups in total. The number of carbonyl (C=O) groups excluding carboxylic acids is 1. The molecule has 0 unspecified atom stereocenters. The summed E-state index contributed by atoms with van der Waals surface area (Å²) in [5.74, 6) is -0.327. The van der Waals surface area contributed by atoms with Gasteiger partial charge in [-0.05, 0) is 25.1 Å². The lowest BCUT2D eigenvalue weighted by Crippen LogP contribution is -2.15. The fourth-order valence-electron chi connectivity index (χ4n) is 2.52. The summed E-state index contributed by atoms with van der Waals surface area (Å²) < 4.78 is 1.47. The first-order valence-corrected chi connectivity index (χ1v) is 8.78. The maximum absolute atomic E-state index is 12.4. The fourth-order valence-corrected chi connectivity index (χ4v) is 4.04. The molecule has 0 saturated carbocycles. The molecular formula is C17H12Cl2N4OS. The minimum absolute atomic E-state index is 0.327. The number of hydrogen-bond donors (Lipinski definition) is 1. The van der Waals surface area contributed by atoms with Gasteiger partial charge in [0.05, 0.1) is 5.56 Å². The number of hydrogen-bond acceptors (Lipinski definition) is 4. The molecule has 0 aliphatic heterocycles. The number of thiophene rings is 1. The molecule has 0 aliphatic rings. The molecule has 0 aliphatic carbocycles. The minimum Gasteiger partial charge on any atom is -0.311 e. The summed E-state index contributed by atoms with van der Waals surface area (Å²) in [7, 11) is 1.68. The maximum Gasteiger partial charge on any atom is 0.274 e. The van der Waals surface area contributed by atoms with E-state index in [1.165, 1.54) is 16.0 Å². The number of anilines is 1. The van der Waals surface area contributed by atoms with E-state index in [1.54, 1.807) is 37.5 Å².